The molecule has 0 aliphatic carbocycles. The second-order valence-corrected chi connectivity index (χ2v) is 4.41. The van der Waals surface area contributed by atoms with Gasteiger partial charge in [0, 0.05) is 0 Å². The van der Waals surface area contributed by atoms with E-state index in [1.165, 1.54) is 6.26 Å². The van der Waals surface area contributed by atoms with Gasteiger partial charge >= 0.3 is 0 Å². The largest absolute Gasteiger partial charge is 0.493 e. The number of nitrogens with one attached hydrogen (secondary N) is 1. The summed E-state index contributed by atoms with van der Waals surface area (Å²) in [6, 6.07) is 10.7. The first kappa shape index (κ1) is 12.2. The summed E-state index contributed by atoms with van der Waals surface area (Å²) >= 11 is 0. The number of rotatable bonds is 2. The molecule has 0 aliphatic rings. The lowest BCUT2D eigenvalue weighted by molar-refractivity contribution is 0.452. The van der Waals surface area contributed by atoms with E-state index in [1.54, 1.807) is 30.3 Å². The van der Waals surface area contributed by atoms with Gasteiger partial charge < -0.3 is 14.5 Å². The molecule has 0 aliphatic heterocycles. The highest BCUT2D eigenvalue weighted by Gasteiger charge is 2.16. The number of aryl methyl sites for hydroxylation is 1. The lowest BCUT2D eigenvalue weighted by Crippen LogP contribution is -2.12. The van der Waals surface area contributed by atoms with Crippen molar-refractivity contribution in [2.75, 3.05) is 0 Å². The Hall–Kier alpha value is -2.82. The molecule has 1 aromatic carbocycles. The van der Waals surface area contributed by atoms with Crippen LogP contribution in [0.15, 0.2) is 51.9 Å². The molecule has 0 amide bonds. The number of aromatic nitrogens is 2. The van der Waals surface area contributed by atoms with Crippen LogP contribution in [0.25, 0.3) is 22.7 Å². The molecule has 0 saturated heterocycles. The van der Waals surface area contributed by atoms with Crippen LogP contribution in [-0.2, 0) is 0 Å². The predicted molar refractivity (Wildman–Crippen MR) is 74.4 cm³/mol. The molecule has 5 nitrogen and oxygen atoms in total. The zero-order chi connectivity index (χ0) is 14.1. The zero-order valence-corrected chi connectivity index (χ0v) is 10.8. The van der Waals surface area contributed by atoms with Gasteiger partial charge in [-0.25, -0.2) is 0 Å². The minimum absolute atomic E-state index is 0.151. The van der Waals surface area contributed by atoms with E-state index in [-0.39, 0.29) is 17.3 Å². The van der Waals surface area contributed by atoms with Crippen LogP contribution < -0.4 is 5.56 Å². The Labute approximate surface area is 114 Å². The van der Waals surface area contributed by atoms with Gasteiger partial charge in [0.2, 0.25) is 5.88 Å². The van der Waals surface area contributed by atoms with Gasteiger partial charge in [-0.15, -0.1) is 0 Å². The second kappa shape index (κ2) is 4.70. The molecule has 100 valence electrons. The highest BCUT2D eigenvalue weighted by Crippen LogP contribution is 2.26. The molecular weight excluding hydrogens is 256 g/mol. The van der Waals surface area contributed by atoms with E-state index in [0.717, 1.165) is 5.56 Å². The van der Waals surface area contributed by atoms with Gasteiger partial charge in [-0.2, -0.15) is 4.98 Å². The molecule has 0 radical (unpaired) electrons. The normalized spacial score (nSPS) is 10.7. The number of aromatic hydroxyl groups is 1. The Balaban J connectivity index is 2.18. The lowest BCUT2D eigenvalue weighted by Gasteiger charge is -2.05. The van der Waals surface area contributed by atoms with Crippen LogP contribution >= 0.6 is 0 Å². The van der Waals surface area contributed by atoms with Crippen molar-refractivity contribution in [2.24, 2.45) is 0 Å². The van der Waals surface area contributed by atoms with Gasteiger partial charge in [0.15, 0.2) is 11.6 Å². The number of H-pyrrole nitrogens is 1. The van der Waals surface area contributed by atoms with Gasteiger partial charge in [-0.05, 0) is 24.1 Å². The van der Waals surface area contributed by atoms with Gasteiger partial charge in [0.25, 0.3) is 5.56 Å². The first-order valence-electron chi connectivity index (χ1n) is 6.10. The van der Waals surface area contributed by atoms with Crippen LogP contribution in [0.2, 0.25) is 0 Å². The maximum absolute atomic E-state index is 12.2. The molecule has 2 N–H and O–H groups in total. The Morgan fingerprint density at radius 1 is 1.20 bits per heavy atom. The van der Waals surface area contributed by atoms with E-state index in [4.69, 9.17) is 4.42 Å². The highest BCUT2D eigenvalue weighted by molar-refractivity contribution is 5.68. The Morgan fingerprint density at radius 2 is 1.95 bits per heavy atom. The maximum atomic E-state index is 12.2. The number of nitrogens with zero attached hydrogens (tertiary/aromatic N) is 1. The van der Waals surface area contributed by atoms with Crippen LogP contribution in [-0.4, -0.2) is 15.1 Å². The number of hydrogen-bond donors (Lipinski definition) is 2. The molecule has 2 aromatic heterocycles. The van der Waals surface area contributed by atoms with Crippen molar-refractivity contribution < 1.29 is 9.52 Å². The van der Waals surface area contributed by atoms with E-state index in [0.29, 0.717) is 11.3 Å². The quantitative estimate of drug-likeness (QED) is 0.749. The van der Waals surface area contributed by atoms with Crippen LogP contribution in [0.3, 0.4) is 0 Å². The smallest absolute Gasteiger partial charge is 0.263 e. The van der Waals surface area contributed by atoms with Gasteiger partial charge in [-0.3, -0.25) is 4.79 Å². The maximum Gasteiger partial charge on any atom is 0.263 e. The third kappa shape index (κ3) is 1.99. The Morgan fingerprint density at radius 3 is 2.55 bits per heavy atom. The summed E-state index contributed by atoms with van der Waals surface area (Å²) in [5.41, 5.74) is 1.19. The van der Waals surface area contributed by atoms with Crippen LogP contribution in [0.5, 0.6) is 5.88 Å². The summed E-state index contributed by atoms with van der Waals surface area (Å²) in [6.07, 6.45) is 1.51. The van der Waals surface area contributed by atoms with Crippen molar-refractivity contribution in [2.45, 2.75) is 6.92 Å². The minimum atomic E-state index is -0.408. The van der Waals surface area contributed by atoms with Gasteiger partial charge in [0.1, 0.15) is 5.56 Å². The monoisotopic (exact) mass is 268 g/mol. The molecule has 2 heterocycles. The van der Waals surface area contributed by atoms with Crippen LogP contribution in [0.1, 0.15) is 5.56 Å². The zero-order valence-electron chi connectivity index (χ0n) is 10.8. The van der Waals surface area contributed by atoms with Crippen molar-refractivity contribution in [1.29, 1.82) is 0 Å². The summed E-state index contributed by atoms with van der Waals surface area (Å²) in [5, 5.41) is 10.0. The topological polar surface area (TPSA) is 79.1 Å². The van der Waals surface area contributed by atoms with Crippen molar-refractivity contribution in [1.82, 2.24) is 9.97 Å². The van der Waals surface area contributed by atoms with Crippen molar-refractivity contribution in [3.8, 4) is 28.6 Å². The average Bonchev–Trinajstić information content (AvgIpc) is 2.85. The SMILES string of the molecule is Cc1ccoc1-c1nc(O)c(-c2ccccc2)c(=O)[nH]1. The minimum Gasteiger partial charge on any atom is -0.493 e. The molecule has 3 rings (SSSR count). The average molecular weight is 268 g/mol. The molecule has 0 bridgehead atoms. The fraction of sp³-hybridized carbons (Fsp3) is 0.0667. The molecule has 5 heteroatoms. The van der Waals surface area contributed by atoms with E-state index in [9.17, 15) is 9.90 Å². The predicted octanol–water partition coefficient (Wildman–Crippen LogP) is 2.71. The summed E-state index contributed by atoms with van der Waals surface area (Å²) in [5.74, 6) is 0.345. The van der Waals surface area contributed by atoms with E-state index in [1.807, 2.05) is 13.0 Å². The molecule has 20 heavy (non-hydrogen) atoms. The molecule has 0 fully saturated rings. The first-order chi connectivity index (χ1) is 9.66. The Kier molecular flexibility index (Phi) is 2.87. The molecule has 3 aromatic rings. The van der Waals surface area contributed by atoms with Crippen LogP contribution in [0.4, 0.5) is 0 Å². The van der Waals surface area contributed by atoms with E-state index in [2.05, 4.69) is 9.97 Å². The fourth-order valence-electron chi connectivity index (χ4n) is 2.05. The van der Waals surface area contributed by atoms with Crippen molar-refractivity contribution >= 4 is 0 Å². The van der Waals surface area contributed by atoms with Crippen LogP contribution in [0, 0.1) is 6.92 Å². The summed E-state index contributed by atoms with van der Waals surface area (Å²) < 4.78 is 5.26. The molecule has 0 unspecified atom stereocenters. The first-order valence-corrected chi connectivity index (χ1v) is 6.10. The number of aromatic amines is 1. The molecule has 0 saturated carbocycles. The lowest BCUT2D eigenvalue weighted by atomic mass is 10.1. The molecule has 0 atom stereocenters. The number of hydrogen-bond acceptors (Lipinski definition) is 4. The summed E-state index contributed by atoms with van der Waals surface area (Å²) in [4.78, 5) is 18.8. The number of benzene rings is 1. The fourth-order valence-corrected chi connectivity index (χ4v) is 2.05. The van der Waals surface area contributed by atoms with Gasteiger partial charge in [-0.1, -0.05) is 30.3 Å². The summed E-state index contributed by atoms with van der Waals surface area (Å²) in [6.45, 7) is 1.83. The highest BCUT2D eigenvalue weighted by atomic mass is 16.3. The van der Waals surface area contributed by atoms with E-state index < -0.39 is 5.56 Å². The van der Waals surface area contributed by atoms with Crippen molar-refractivity contribution in [3.63, 3.8) is 0 Å². The third-order valence-electron chi connectivity index (χ3n) is 3.04. The third-order valence-corrected chi connectivity index (χ3v) is 3.04. The molecule has 0 spiro atoms. The van der Waals surface area contributed by atoms with Crippen molar-refractivity contribution in [3.05, 3.63) is 58.6 Å². The summed E-state index contributed by atoms with van der Waals surface area (Å²) in [7, 11) is 0. The second-order valence-electron chi connectivity index (χ2n) is 4.41. The number of furan rings is 1. The van der Waals surface area contributed by atoms with Gasteiger partial charge in [0.05, 0.1) is 6.26 Å². The molecular formula is C15H12N2O3. The standard InChI is InChI=1S/C15H12N2O3/c1-9-7-8-20-12(9)13-16-14(18)11(15(19)17-13)10-5-3-2-4-6-10/h2-8H,1H3,(H2,16,17,18,19). The van der Waals surface area contributed by atoms with E-state index >= 15 is 0 Å². The Bertz CT molecular complexity index is 803.